The van der Waals surface area contributed by atoms with Crippen LogP contribution in [0.4, 0.5) is 17.3 Å². The molecule has 2 saturated heterocycles. The minimum absolute atomic E-state index is 0.0814. The molecule has 0 spiro atoms. The summed E-state index contributed by atoms with van der Waals surface area (Å²) >= 11 is 0. The molecule has 12 heteroatoms. The van der Waals surface area contributed by atoms with Gasteiger partial charge >= 0.3 is 0 Å². The van der Waals surface area contributed by atoms with Crippen molar-refractivity contribution >= 4 is 34.3 Å². The van der Waals surface area contributed by atoms with Crippen molar-refractivity contribution in [3.05, 3.63) is 101 Å². The number of piperidine rings is 1. The molecule has 4 unspecified atom stereocenters. The molecule has 12 nitrogen and oxygen atoms in total. The fourth-order valence-corrected chi connectivity index (χ4v) is 7.95. The van der Waals surface area contributed by atoms with Crippen molar-refractivity contribution in [2.24, 2.45) is 7.05 Å². The van der Waals surface area contributed by atoms with E-state index in [9.17, 15) is 19.8 Å². The van der Waals surface area contributed by atoms with E-state index >= 15 is 0 Å². The van der Waals surface area contributed by atoms with E-state index in [1.807, 2.05) is 30.3 Å². The number of aliphatic hydroxyl groups is 2. The van der Waals surface area contributed by atoms with Gasteiger partial charge in [-0.15, -0.1) is 0 Å². The Kier molecular flexibility index (Phi) is 8.40. The van der Waals surface area contributed by atoms with Gasteiger partial charge in [-0.1, -0.05) is 54.6 Å². The Morgan fingerprint density at radius 2 is 1.85 bits per heavy atom. The van der Waals surface area contributed by atoms with Crippen LogP contribution < -0.4 is 21.5 Å². The van der Waals surface area contributed by atoms with E-state index in [2.05, 4.69) is 67.1 Å². The third-order valence-electron chi connectivity index (χ3n) is 10.2. The monoisotopic (exact) mass is 650 g/mol. The summed E-state index contributed by atoms with van der Waals surface area (Å²) in [7, 11) is 1.71. The quantitative estimate of drug-likeness (QED) is 0.150. The molecular formula is C36H42N8O4. The molecule has 3 aromatic heterocycles. The van der Waals surface area contributed by atoms with Gasteiger partial charge in [-0.3, -0.25) is 24.3 Å². The zero-order valence-corrected chi connectivity index (χ0v) is 27.2. The molecule has 1 aliphatic carbocycles. The Bertz CT molecular complexity index is 1920. The van der Waals surface area contributed by atoms with Crippen LogP contribution in [0.25, 0.3) is 11.0 Å². The SMILES string of the molecule is Cn1[nH]c(=O)c2ccc(Nc3cc(NC(CO)c4ccccc4)c(C(=O)NC4(CO)CC5CCC(C4)N5C4(C)C=CC=CC4)cn3)nc21. The van der Waals surface area contributed by atoms with Crippen LogP contribution in [-0.2, 0) is 7.05 Å². The maximum absolute atomic E-state index is 14.2. The third-order valence-corrected chi connectivity index (χ3v) is 10.2. The number of aromatic nitrogens is 4. The van der Waals surface area contributed by atoms with E-state index in [1.54, 1.807) is 29.9 Å². The summed E-state index contributed by atoms with van der Waals surface area (Å²) in [5.74, 6) is 0.530. The number of benzene rings is 1. The largest absolute Gasteiger partial charge is 0.394 e. The molecule has 4 atom stereocenters. The number of nitrogens with one attached hydrogen (secondary N) is 4. The number of carbonyl (C=O) groups is 1. The molecule has 48 heavy (non-hydrogen) atoms. The van der Waals surface area contributed by atoms with E-state index < -0.39 is 11.6 Å². The van der Waals surface area contributed by atoms with E-state index in [0.717, 1.165) is 24.8 Å². The van der Waals surface area contributed by atoms with Crippen molar-refractivity contribution < 1.29 is 15.0 Å². The molecule has 0 radical (unpaired) electrons. The van der Waals surface area contributed by atoms with E-state index in [1.165, 1.54) is 6.20 Å². The standard InChI is InChI=1S/C36H42N8O4/c1-35(15-7-4-8-16-35)44-24-11-12-25(44)19-36(18-24,22-46)41-33(47)27-20-37-31(17-28(27)38-29(21-45)23-9-5-3-6-10-23)39-30-14-13-26-32(40-30)43(2)42-34(26)48/h3-10,13-15,17,20,24-25,29,45-46H,11-12,16,18-19,21-22H2,1-2H3,(H,41,47)(H,42,48)(H2,37,38,39,40). The molecule has 6 N–H and O–H groups in total. The van der Waals surface area contributed by atoms with E-state index in [0.29, 0.717) is 46.8 Å². The van der Waals surface area contributed by atoms with Crippen LogP contribution in [0.3, 0.4) is 0 Å². The molecule has 2 bridgehead atoms. The number of pyridine rings is 2. The number of H-pyrrole nitrogens is 1. The maximum Gasteiger partial charge on any atom is 0.273 e. The third kappa shape index (κ3) is 5.91. The number of aromatic amines is 1. The lowest BCUT2D eigenvalue weighted by molar-refractivity contribution is -0.00925. The number of hydrogen-bond donors (Lipinski definition) is 6. The average molecular weight is 651 g/mol. The second-order valence-corrected chi connectivity index (χ2v) is 13.5. The number of aryl methyl sites for hydroxylation is 1. The van der Waals surface area contributed by atoms with Crippen molar-refractivity contribution in [1.29, 1.82) is 0 Å². The van der Waals surface area contributed by atoms with Gasteiger partial charge in [0.25, 0.3) is 11.5 Å². The first-order valence-corrected chi connectivity index (χ1v) is 16.5. The number of hydrogen-bond acceptors (Lipinski definition) is 9. The van der Waals surface area contributed by atoms with Crippen LogP contribution in [-0.4, -0.2) is 77.1 Å². The van der Waals surface area contributed by atoms with Gasteiger partial charge in [0.05, 0.1) is 41.4 Å². The lowest BCUT2D eigenvalue weighted by Gasteiger charge is -2.52. The minimum atomic E-state index is -0.778. The van der Waals surface area contributed by atoms with Gasteiger partial charge in [-0.2, -0.15) is 0 Å². The Morgan fingerprint density at radius 3 is 2.54 bits per heavy atom. The number of anilines is 3. The highest BCUT2D eigenvalue weighted by Gasteiger charge is 2.53. The Hall–Kier alpha value is -4.78. The smallest absolute Gasteiger partial charge is 0.273 e. The second-order valence-electron chi connectivity index (χ2n) is 13.5. The molecule has 2 fully saturated rings. The van der Waals surface area contributed by atoms with Gasteiger partial charge in [-0.05, 0) is 56.7 Å². The number of carbonyl (C=O) groups excluding carboxylic acids is 1. The molecule has 3 aliphatic rings. The van der Waals surface area contributed by atoms with Crippen molar-refractivity contribution in [3.63, 3.8) is 0 Å². The molecule has 4 aromatic rings. The minimum Gasteiger partial charge on any atom is -0.394 e. The Balaban J connectivity index is 1.17. The van der Waals surface area contributed by atoms with Crippen molar-refractivity contribution in [3.8, 4) is 0 Å². The number of allylic oxidation sites excluding steroid dienone is 2. The first kappa shape index (κ1) is 31.8. The lowest BCUT2D eigenvalue weighted by atomic mass is 9.79. The van der Waals surface area contributed by atoms with Crippen LogP contribution in [0.5, 0.6) is 0 Å². The summed E-state index contributed by atoms with van der Waals surface area (Å²) < 4.78 is 1.55. The summed E-state index contributed by atoms with van der Waals surface area (Å²) in [5.41, 5.74) is 1.02. The van der Waals surface area contributed by atoms with Gasteiger partial charge in [0, 0.05) is 36.9 Å². The van der Waals surface area contributed by atoms with Crippen molar-refractivity contribution in [1.82, 2.24) is 30.0 Å². The molecule has 250 valence electrons. The van der Waals surface area contributed by atoms with Crippen LogP contribution in [0.15, 0.2) is 83.8 Å². The Labute approximate surface area is 278 Å². The molecule has 1 amide bonds. The molecular weight excluding hydrogens is 608 g/mol. The molecule has 0 saturated carbocycles. The molecule has 7 rings (SSSR count). The summed E-state index contributed by atoms with van der Waals surface area (Å²) in [6.45, 7) is 1.90. The summed E-state index contributed by atoms with van der Waals surface area (Å²) in [4.78, 5) is 38.1. The van der Waals surface area contributed by atoms with Crippen molar-refractivity contribution in [2.75, 3.05) is 23.8 Å². The first-order chi connectivity index (χ1) is 23.2. The van der Waals surface area contributed by atoms with Gasteiger partial charge in [-0.25, -0.2) is 9.97 Å². The summed E-state index contributed by atoms with van der Waals surface area (Å²) in [6, 6.07) is 14.6. The number of rotatable bonds is 10. The lowest BCUT2D eigenvalue weighted by Crippen LogP contribution is -2.64. The molecule has 2 aliphatic heterocycles. The number of amides is 1. The van der Waals surface area contributed by atoms with Gasteiger partial charge in [0.15, 0.2) is 5.65 Å². The zero-order valence-electron chi connectivity index (χ0n) is 27.2. The Morgan fingerprint density at radius 1 is 1.08 bits per heavy atom. The molecule has 5 heterocycles. The fraction of sp³-hybridized carbons (Fsp3) is 0.389. The van der Waals surface area contributed by atoms with Crippen LogP contribution in [0.1, 0.15) is 61.0 Å². The number of nitrogens with zero attached hydrogens (tertiary/aromatic N) is 4. The highest BCUT2D eigenvalue weighted by atomic mass is 16.3. The van der Waals surface area contributed by atoms with Crippen LogP contribution in [0, 0.1) is 0 Å². The number of fused-ring (bicyclic) bond motifs is 3. The van der Waals surface area contributed by atoms with Crippen LogP contribution in [0.2, 0.25) is 0 Å². The predicted molar refractivity (Wildman–Crippen MR) is 185 cm³/mol. The second kappa shape index (κ2) is 12.7. The fourth-order valence-electron chi connectivity index (χ4n) is 7.95. The van der Waals surface area contributed by atoms with Gasteiger partial charge in [0.2, 0.25) is 0 Å². The summed E-state index contributed by atoms with van der Waals surface area (Å²) in [6.07, 6.45) is 14.5. The highest BCUT2D eigenvalue weighted by molar-refractivity contribution is 6.00. The van der Waals surface area contributed by atoms with Gasteiger partial charge < -0.3 is 26.2 Å². The maximum atomic E-state index is 14.2. The average Bonchev–Trinajstić information content (AvgIpc) is 3.55. The number of aliphatic hydroxyl groups excluding tert-OH is 2. The van der Waals surface area contributed by atoms with Gasteiger partial charge in [0.1, 0.15) is 11.6 Å². The van der Waals surface area contributed by atoms with Crippen LogP contribution >= 0.6 is 0 Å². The predicted octanol–water partition coefficient (Wildman–Crippen LogP) is 3.91. The first-order valence-electron chi connectivity index (χ1n) is 16.5. The topological polar surface area (TPSA) is 160 Å². The highest BCUT2D eigenvalue weighted by Crippen LogP contribution is 2.46. The zero-order chi connectivity index (χ0) is 33.5. The van der Waals surface area contributed by atoms with E-state index in [-0.39, 0.29) is 42.3 Å². The van der Waals surface area contributed by atoms with Crippen molar-refractivity contribution in [2.45, 2.75) is 68.2 Å². The van der Waals surface area contributed by atoms with E-state index in [4.69, 9.17) is 0 Å². The summed E-state index contributed by atoms with van der Waals surface area (Å²) in [5, 5.41) is 34.2. The molecule has 1 aromatic carbocycles. The normalized spacial score (nSPS) is 25.7.